The lowest BCUT2D eigenvalue weighted by molar-refractivity contribution is -0.141. The van der Waals surface area contributed by atoms with Gasteiger partial charge in [0.2, 0.25) is 0 Å². The van der Waals surface area contributed by atoms with Gasteiger partial charge in [-0.1, -0.05) is 17.7 Å². The molecule has 2 atom stereocenters. The maximum Gasteiger partial charge on any atom is 0.326 e. The predicted molar refractivity (Wildman–Crippen MR) is 69.3 cm³/mol. The van der Waals surface area contributed by atoms with Crippen molar-refractivity contribution in [2.75, 3.05) is 6.54 Å². The van der Waals surface area contributed by atoms with Gasteiger partial charge in [-0.05, 0) is 24.6 Å². The minimum atomic E-state index is -1.11. The molecule has 2 rings (SSSR count). The average Bonchev–Trinajstić information content (AvgIpc) is 2.74. The second kappa shape index (κ2) is 5.19. The third-order valence-corrected chi connectivity index (χ3v) is 3.49. The van der Waals surface area contributed by atoms with Gasteiger partial charge in [0.25, 0.3) is 5.91 Å². The number of aryl methyl sites for hydroxylation is 1. The van der Waals surface area contributed by atoms with Gasteiger partial charge in [-0.2, -0.15) is 0 Å². The Morgan fingerprint density at radius 3 is 2.74 bits per heavy atom. The smallest absolute Gasteiger partial charge is 0.326 e. The van der Waals surface area contributed by atoms with Crippen LogP contribution in [-0.4, -0.2) is 45.7 Å². The Hall–Kier alpha value is -1.59. The number of benzene rings is 1. The normalized spacial score (nSPS) is 22.6. The van der Waals surface area contributed by atoms with E-state index in [1.54, 1.807) is 19.1 Å². The van der Waals surface area contributed by atoms with E-state index in [1.165, 1.54) is 11.0 Å². The summed E-state index contributed by atoms with van der Waals surface area (Å²) >= 11 is 5.86. The van der Waals surface area contributed by atoms with Crippen LogP contribution in [0.3, 0.4) is 0 Å². The topological polar surface area (TPSA) is 77.8 Å². The van der Waals surface area contributed by atoms with Crippen LogP contribution in [0.15, 0.2) is 18.2 Å². The number of aliphatic hydroxyl groups is 1. The van der Waals surface area contributed by atoms with Crippen LogP contribution < -0.4 is 0 Å². The molecule has 0 bridgehead atoms. The Labute approximate surface area is 115 Å². The van der Waals surface area contributed by atoms with Crippen molar-refractivity contribution in [1.29, 1.82) is 0 Å². The second-order valence-electron chi connectivity index (χ2n) is 4.66. The quantitative estimate of drug-likeness (QED) is 0.858. The molecule has 1 saturated heterocycles. The molecule has 2 unspecified atom stereocenters. The van der Waals surface area contributed by atoms with E-state index in [-0.39, 0.29) is 13.0 Å². The summed E-state index contributed by atoms with van der Waals surface area (Å²) in [6, 6.07) is 3.91. The summed E-state index contributed by atoms with van der Waals surface area (Å²) in [5.74, 6) is -1.52. The lowest BCUT2D eigenvalue weighted by Gasteiger charge is -2.22. The van der Waals surface area contributed by atoms with E-state index >= 15 is 0 Å². The highest BCUT2D eigenvalue weighted by molar-refractivity contribution is 6.31. The first-order chi connectivity index (χ1) is 8.90. The molecule has 102 valence electrons. The van der Waals surface area contributed by atoms with E-state index in [4.69, 9.17) is 16.7 Å². The Bertz CT molecular complexity index is 531. The molecular formula is C13H14ClNO4. The highest BCUT2D eigenvalue weighted by Crippen LogP contribution is 2.24. The van der Waals surface area contributed by atoms with E-state index in [2.05, 4.69) is 0 Å². The fourth-order valence-corrected chi connectivity index (χ4v) is 2.42. The Morgan fingerprint density at radius 2 is 2.11 bits per heavy atom. The van der Waals surface area contributed by atoms with E-state index in [0.29, 0.717) is 10.6 Å². The Morgan fingerprint density at radius 1 is 1.42 bits per heavy atom. The van der Waals surface area contributed by atoms with E-state index in [1.807, 2.05) is 0 Å². The fourth-order valence-electron chi connectivity index (χ4n) is 2.25. The number of nitrogens with zero attached hydrogens (tertiary/aromatic N) is 1. The molecular weight excluding hydrogens is 270 g/mol. The summed E-state index contributed by atoms with van der Waals surface area (Å²) in [6.45, 7) is 1.79. The van der Waals surface area contributed by atoms with E-state index in [0.717, 1.165) is 5.56 Å². The molecule has 1 fully saturated rings. The first-order valence-corrected chi connectivity index (χ1v) is 6.26. The number of carbonyl (C=O) groups excluding carboxylic acids is 1. The number of hydrogen-bond donors (Lipinski definition) is 2. The van der Waals surface area contributed by atoms with E-state index in [9.17, 15) is 14.7 Å². The number of carboxylic acid groups (broad SMARTS) is 1. The zero-order chi connectivity index (χ0) is 14.2. The highest BCUT2D eigenvalue weighted by Gasteiger charge is 2.39. The second-order valence-corrected chi connectivity index (χ2v) is 5.10. The largest absolute Gasteiger partial charge is 0.480 e. The number of carbonyl (C=O) groups is 2. The van der Waals surface area contributed by atoms with Gasteiger partial charge in [0.05, 0.1) is 6.10 Å². The molecule has 1 heterocycles. The molecule has 1 aromatic rings. The van der Waals surface area contributed by atoms with Crippen LogP contribution in [-0.2, 0) is 4.79 Å². The van der Waals surface area contributed by atoms with Crippen molar-refractivity contribution in [3.05, 3.63) is 34.3 Å². The first-order valence-electron chi connectivity index (χ1n) is 5.88. The summed E-state index contributed by atoms with van der Waals surface area (Å²) in [6.07, 6.45) is -0.745. The molecule has 0 radical (unpaired) electrons. The number of β-amino-alcohol motifs (C(OH)–C–C–N with tert-alkyl or cyclic N) is 1. The summed E-state index contributed by atoms with van der Waals surface area (Å²) in [4.78, 5) is 24.7. The van der Waals surface area contributed by atoms with Gasteiger partial charge in [0.15, 0.2) is 0 Å². The highest BCUT2D eigenvalue weighted by atomic mass is 35.5. The maximum absolute atomic E-state index is 12.4. The lowest BCUT2D eigenvalue weighted by Crippen LogP contribution is -2.40. The van der Waals surface area contributed by atoms with Gasteiger partial charge in [-0.15, -0.1) is 0 Å². The van der Waals surface area contributed by atoms with Crippen molar-refractivity contribution >= 4 is 23.5 Å². The molecule has 1 aliphatic rings. The van der Waals surface area contributed by atoms with Gasteiger partial charge in [-0.3, -0.25) is 4.79 Å². The molecule has 0 aliphatic carbocycles. The summed E-state index contributed by atoms with van der Waals surface area (Å²) in [7, 11) is 0. The number of carboxylic acids is 1. The monoisotopic (exact) mass is 283 g/mol. The van der Waals surface area contributed by atoms with Gasteiger partial charge in [0, 0.05) is 23.6 Å². The molecule has 2 N–H and O–H groups in total. The third-order valence-electron chi connectivity index (χ3n) is 3.25. The fraction of sp³-hybridized carbons (Fsp3) is 0.385. The predicted octanol–water partition coefficient (Wildman–Crippen LogP) is 1.31. The van der Waals surface area contributed by atoms with Crippen LogP contribution in [0, 0.1) is 6.92 Å². The molecule has 1 amide bonds. The Kier molecular flexibility index (Phi) is 3.78. The number of aliphatic hydroxyl groups excluding tert-OH is 1. The summed E-state index contributed by atoms with van der Waals surface area (Å²) < 4.78 is 0. The summed E-state index contributed by atoms with van der Waals surface area (Å²) in [5.41, 5.74) is 1.09. The van der Waals surface area contributed by atoms with Crippen LogP contribution in [0.5, 0.6) is 0 Å². The molecule has 19 heavy (non-hydrogen) atoms. The number of hydrogen-bond acceptors (Lipinski definition) is 3. The molecule has 0 saturated carbocycles. The van der Waals surface area contributed by atoms with Crippen molar-refractivity contribution in [2.24, 2.45) is 0 Å². The van der Waals surface area contributed by atoms with Crippen molar-refractivity contribution < 1.29 is 19.8 Å². The van der Waals surface area contributed by atoms with Crippen molar-refractivity contribution in [3.63, 3.8) is 0 Å². The standard InChI is InChI=1S/C13H14ClNO4/c1-7-2-3-8(14)4-10(7)12(17)15-6-9(16)5-11(15)13(18)19/h2-4,9,11,16H,5-6H2,1H3,(H,18,19). The Balaban J connectivity index is 2.33. The van der Waals surface area contributed by atoms with E-state index < -0.39 is 24.0 Å². The lowest BCUT2D eigenvalue weighted by atomic mass is 10.1. The van der Waals surface area contributed by atoms with Crippen molar-refractivity contribution in [2.45, 2.75) is 25.5 Å². The minimum Gasteiger partial charge on any atom is -0.480 e. The van der Waals surface area contributed by atoms with Crippen molar-refractivity contribution in [3.8, 4) is 0 Å². The number of halogens is 1. The number of rotatable bonds is 2. The molecule has 0 aromatic heterocycles. The van der Waals surface area contributed by atoms with Crippen LogP contribution in [0.1, 0.15) is 22.3 Å². The van der Waals surface area contributed by atoms with Gasteiger partial charge < -0.3 is 15.1 Å². The van der Waals surface area contributed by atoms with Crippen LogP contribution in [0.25, 0.3) is 0 Å². The van der Waals surface area contributed by atoms with Crippen LogP contribution >= 0.6 is 11.6 Å². The molecule has 6 heteroatoms. The minimum absolute atomic E-state index is 0.0295. The maximum atomic E-state index is 12.4. The van der Waals surface area contributed by atoms with Gasteiger partial charge in [-0.25, -0.2) is 4.79 Å². The average molecular weight is 284 g/mol. The van der Waals surface area contributed by atoms with Gasteiger partial charge >= 0.3 is 5.97 Å². The van der Waals surface area contributed by atoms with Crippen LogP contribution in [0.2, 0.25) is 5.02 Å². The number of likely N-dealkylation sites (tertiary alicyclic amines) is 1. The molecule has 1 aliphatic heterocycles. The number of amides is 1. The zero-order valence-corrected chi connectivity index (χ0v) is 11.1. The zero-order valence-electron chi connectivity index (χ0n) is 10.3. The molecule has 1 aromatic carbocycles. The molecule has 0 spiro atoms. The van der Waals surface area contributed by atoms with Gasteiger partial charge in [0.1, 0.15) is 6.04 Å². The first kappa shape index (κ1) is 13.8. The van der Waals surface area contributed by atoms with Crippen LogP contribution in [0.4, 0.5) is 0 Å². The number of aliphatic carboxylic acids is 1. The molecule has 5 nitrogen and oxygen atoms in total. The summed E-state index contributed by atoms with van der Waals surface area (Å²) in [5, 5.41) is 19.1. The third kappa shape index (κ3) is 2.72. The SMILES string of the molecule is Cc1ccc(Cl)cc1C(=O)N1CC(O)CC1C(=O)O. The van der Waals surface area contributed by atoms with Crippen molar-refractivity contribution in [1.82, 2.24) is 4.90 Å².